The number of carbonyl (C=O) groups is 1. The summed E-state index contributed by atoms with van der Waals surface area (Å²) in [6.45, 7) is 0. The van der Waals surface area contributed by atoms with E-state index in [9.17, 15) is 4.79 Å². The Morgan fingerprint density at radius 2 is 2.08 bits per heavy atom. The molecule has 6 nitrogen and oxygen atoms in total. The molecule has 136 valence electrons. The fraction of sp³-hybridized carbons (Fsp3) is 0.471. The van der Waals surface area contributed by atoms with Crippen LogP contribution < -0.4 is 10.6 Å². The van der Waals surface area contributed by atoms with E-state index in [0.29, 0.717) is 12.0 Å². The molecule has 1 saturated heterocycles. The van der Waals surface area contributed by atoms with Gasteiger partial charge in [0.2, 0.25) is 5.91 Å². The molecule has 3 heterocycles. The molecule has 0 bridgehead atoms. The summed E-state index contributed by atoms with van der Waals surface area (Å²) >= 11 is 0. The third-order valence-corrected chi connectivity index (χ3v) is 4.96. The third kappa shape index (κ3) is 4.32. The van der Waals surface area contributed by atoms with Gasteiger partial charge in [-0.15, -0.1) is 24.8 Å². The molecule has 1 aliphatic carbocycles. The number of carbonyl (C=O) groups excluding carboxylic acids is 1. The van der Waals surface area contributed by atoms with E-state index in [4.69, 9.17) is 0 Å². The lowest BCUT2D eigenvalue weighted by Gasteiger charge is -2.24. The summed E-state index contributed by atoms with van der Waals surface area (Å²) in [7, 11) is 0. The number of imidazole rings is 1. The number of fused-ring (bicyclic) bond motifs is 1. The average Bonchev–Trinajstić information content (AvgIpc) is 3.25. The number of halogens is 2. The van der Waals surface area contributed by atoms with E-state index in [1.54, 1.807) is 18.7 Å². The van der Waals surface area contributed by atoms with Crippen LogP contribution in [0.25, 0.3) is 5.82 Å². The van der Waals surface area contributed by atoms with E-state index in [0.717, 1.165) is 17.9 Å². The van der Waals surface area contributed by atoms with Crippen molar-refractivity contribution in [2.45, 2.75) is 44.2 Å². The molecular formula is C17H23Cl2N5O. The monoisotopic (exact) mass is 383 g/mol. The van der Waals surface area contributed by atoms with Crippen LogP contribution in [0.15, 0.2) is 37.1 Å². The van der Waals surface area contributed by atoms with Gasteiger partial charge < -0.3 is 10.6 Å². The van der Waals surface area contributed by atoms with Gasteiger partial charge in [-0.1, -0.05) is 12.8 Å². The zero-order chi connectivity index (χ0) is 15.6. The van der Waals surface area contributed by atoms with Crippen LogP contribution in [0, 0.1) is 5.92 Å². The molecule has 0 spiro atoms. The first-order valence-electron chi connectivity index (χ1n) is 8.31. The SMILES string of the molecule is Cl.Cl.O=C(Nc1ccc(-n2ccnc2)nc1)C1CC2CCCCC2N1. The molecule has 2 aromatic rings. The van der Waals surface area contributed by atoms with Gasteiger partial charge in [-0.3, -0.25) is 9.36 Å². The lowest BCUT2D eigenvalue weighted by Crippen LogP contribution is -2.39. The number of anilines is 1. The van der Waals surface area contributed by atoms with Crippen molar-refractivity contribution in [1.29, 1.82) is 0 Å². The second-order valence-corrected chi connectivity index (χ2v) is 6.47. The van der Waals surface area contributed by atoms with Gasteiger partial charge in [0.1, 0.15) is 12.1 Å². The fourth-order valence-electron chi connectivity index (χ4n) is 3.76. The molecule has 2 aliphatic rings. The zero-order valence-corrected chi connectivity index (χ0v) is 15.4. The number of nitrogens with one attached hydrogen (secondary N) is 2. The summed E-state index contributed by atoms with van der Waals surface area (Å²) in [5, 5.41) is 6.48. The molecule has 2 fully saturated rings. The van der Waals surface area contributed by atoms with E-state index >= 15 is 0 Å². The first kappa shape index (κ1) is 19.7. The molecule has 8 heteroatoms. The minimum atomic E-state index is -0.0728. The highest BCUT2D eigenvalue weighted by Gasteiger charge is 2.38. The topological polar surface area (TPSA) is 71.8 Å². The van der Waals surface area contributed by atoms with Gasteiger partial charge in [0.15, 0.2) is 0 Å². The third-order valence-electron chi connectivity index (χ3n) is 4.96. The van der Waals surface area contributed by atoms with Crippen LogP contribution in [0.5, 0.6) is 0 Å². The van der Waals surface area contributed by atoms with E-state index in [2.05, 4.69) is 20.6 Å². The van der Waals surface area contributed by atoms with Crippen LogP contribution in [0.4, 0.5) is 5.69 Å². The highest BCUT2D eigenvalue weighted by molar-refractivity contribution is 5.95. The van der Waals surface area contributed by atoms with Crippen LogP contribution >= 0.6 is 24.8 Å². The maximum absolute atomic E-state index is 12.5. The average molecular weight is 384 g/mol. The minimum absolute atomic E-state index is 0. The van der Waals surface area contributed by atoms with Crippen molar-refractivity contribution in [3.05, 3.63) is 37.1 Å². The van der Waals surface area contributed by atoms with Crippen LogP contribution in [-0.2, 0) is 4.79 Å². The van der Waals surface area contributed by atoms with Crippen molar-refractivity contribution in [3.8, 4) is 5.82 Å². The van der Waals surface area contributed by atoms with Crippen LogP contribution in [0.3, 0.4) is 0 Å². The molecule has 2 aromatic heterocycles. The maximum atomic E-state index is 12.5. The molecule has 25 heavy (non-hydrogen) atoms. The van der Waals surface area contributed by atoms with Crippen molar-refractivity contribution < 1.29 is 4.79 Å². The Balaban J connectivity index is 0.00000113. The van der Waals surface area contributed by atoms with Gasteiger partial charge in [-0.2, -0.15) is 0 Å². The second-order valence-electron chi connectivity index (χ2n) is 6.47. The molecule has 3 atom stereocenters. The highest BCUT2D eigenvalue weighted by Crippen LogP contribution is 2.33. The lowest BCUT2D eigenvalue weighted by atomic mass is 9.85. The van der Waals surface area contributed by atoms with Crippen LogP contribution in [0.2, 0.25) is 0 Å². The van der Waals surface area contributed by atoms with E-state index < -0.39 is 0 Å². The molecule has 0 radical (unpaired) electrons. The first-order valence-corrected chi connectivity index (χ1v) is 8.31. The van der Waals surface area contributed by atoms with Gasteiger partial charge >= 0.3 is 0 Å². The Hall–Kier alpha value is -1.63. The van der Waals surface area contributed by atoms with Crippen molar-refractivity contribution in [2.24, 2.45) is 5.92 Å². The number of nitrogens with zero attached hydrogens (tertiary/aromatic N) is 3. The second kappa shape index (κ2) is 8.65. The van der Waals surface area contributed by atoms with Crippen molar-refractivity contribution >= 4 is 36.4 Å². The summed E-state index contributed by atoms with van der Waals surface area (Å²) in [5.74, 6) is 1.50. The van der Waals surface area contributed by atoms with Gasteiger partial charge in [0.05, 0.1) is 17.9 Å². The lowest BCUT2D eigenvalue weighted by molar-refractivity contribution is -0.117. The molecule has 1 amide bonds. The van der Waals surface area contributed by atoms with E-state index in [-0.39, 0.29) is 36.8 Å². The van der Waals surface area contributed by atoms with Gasteiger partial charge in [-0.25, -0.2) is 9.97 Å². The number of pyridine rings is 1. The van der Waals surface area contributed by atoms with Gasteiger partial charge in [0, 0.05) is 18.4 Å². The smallest absolute Gasteiger partial charge is 0.241 e. The predicted octanol–water partition coefficient (Wildman–Crippen LogP) is 2.97. The Labute approximate surface area is 159 Å². The van der Waals surface area contributed by atoms with E-state index in [1.807, 2.05) is 22.9 Å². The number of amides is 1. The molecule has 1 saturated carbocycles. The van der Waals surface area contributed by atoms with Crippen LogP contribution in [0.1, 0.15) is 32.1 Å². The van der Waals surface area contributed by atoms with E-state index in [1.165, 1.54) is 25.7 Å². The maximum Gasteiger partial charge on any atom is 0.241 e. The quantitative estimate of drug-likeness (QED) is 0.854. The Morgan fingerprint density at radius 3 is 2.76 bits per heavy atom. The minimum Gasteiger partial charge on any atom is -0.323 e. The largest absolute Gasteiger partial charge is 0.323 e. The molecule has 3 unspecified atom stereocenters. The van der Waals surface area contributed by atoms with Crippen molar-refractivity contribution in [3.63, 3.8) is 0 Å². The Morgan fingerprint density at radius 1 is 1.24 bits per heavy atom. The molecular weight excluding hydrogens is 361 g/mol. The normalized spacial score (nSPS) is 24.6. The standard InChI is InChI=1S/C17H21N5O.2ClH/c23-17(15-9-12-3-1-2-4-14(12)21-15)20-13-5-6-16(19-10-13)22-8-7-18-11-22;;/h5-8,10-12,14-15,21H,1-4,9H2,(H,20,23);2*1H. The summed E-state index contributed by atoms with van der Waals surface area (Å²) in [6.07, 6.45) is 12.9. The predicted molar refractivity (Wildman–Crippen MR) is 102 cm³/mol. The highest BCUT2D eigenvalue weighted by atomic mass is 35.5. The Bertz CT molecular complexity index is 663. The molecule has 4 rings (SSSR count). The summed E-state index contributed by atoms with van der Waals surface area (Å²) in [5.41, 5.74) is 0.732. The first-order chi connectivity index (χ1) is 11.3. The summed E-state index contributed by atoms with van der Waals surface area (Å²) in [6, 6.07) is 4.21. The number of hydrogen-bond acceptors (Lipinski definition) is 4. The van der Waals surface area contributed by atoms with Crippen molar-refractivity contribution in [1.82, 2.24) is 19.9 Å². The van der Waals surface area contributed by atoms with Crippen LogP contribution in [-0.4, -0.2) is 32.5 Å². The number of hydrogen-bond donors (Lipinski definition) is 2. The zero-order valence-electron chi connectivity index (χ0n) is 13.8. The molecule has 0 aromatic carbocycles. The number of rotatable bonds is 3. The van der Waals surface area contributed by atoms with Gasteiger partial charge in [-0.05, 0) is 37.3 Å². The summed E-state index contributed by atoms with van der Waals surface area (Å²) in [4.78, 5) is 20.8. The Kier molecular flexibility index (Phi) is 6.81. The van der Waals surface area contributed by atoms with Crippen molar-refractivity contribution in [2.75, 3.05) is 5.32 Å². The fourth-order valence-corrected chi connectivity index (χ4v) is 3.76. The van der Waals surface area contributed by atoms with Gasteiger partial charge in [0.25, 0.3) is 0 Å². The molecule has 2 N–H and O–H groups in total. The summed E-state index contributed by atoms with van der Waals surface area (Å²) < 4.78 is 1.83. The number of aromatic nitrogens is 3. The molecule has 1 aliphatic heterocycles.